The van der Waals surface area contributed by atoms with Crippen LogP contribution < -0.4 is 10.2 Å². The fourth-order valence-corrected chi connectivity index (χ4v) is 4.12. The number of anilines is 4. The second kappa shape index (κ2) is 8.16. The third-order valence-corrected chi connectivity index (χ3v) is 5.85. The third-order valence-electron chi connectivity index (χ3n) is 4.97. The molecule has 0 aliphatic carbocycles. The molecule has 0 saturated heterocycles. The van der Waals surface area contributed by atoms with Crippen LogP contribution in [0, 0.1) is 6.92 Å². The summed E-state index contributed by atoms with van der Waals surface area (Å²) in [6.45, 7) is 2.78. The van der Waals surface area contributed by atoms with E-state index in [-0.39, 0.29) is 0 Å². The molecule has 7 nitrogen and oxygen atoms in total. The molecule has 0 aliphatic rings. The van der Waals surface area contributed by atoms with Crippen LogP contribution in [0.4, 0.5) is 22.5 Å². The standard InChI is InChI=1S/C23H21N7S/c1-16-4-6-18(7-5-16)29(2)21-9-8-19-22(28-21)31-23(26-19)27-20-14-17(10-12-24-20)15-30-13-3-11-25-30/h3-14H,15H2,1-2H3,(H,24,26,27). The van der Waals surface area contributed by atoms with E-state index in [9.17, 15) is 0 Å². The number of rotatable bonds is 6. The van der Waals surface area contributed by atoms with Gasteiger partial charge in [-0.05, 0) is 55.0 Å². The van der Waals surface area contributed by atoms with Gasteiger partial charge in [-0.2, -0.15) is 5.10 Å². The topological polar surface area (TPSA) is 71.8 Å². The van der Waals surface area contributed by atoms with E-state index in [2.05, 4.69) is 56.5 Å². The van der Waals surface area contributed by atoms with Gasteiger partial charge in [-0.3, -0.25) is 4.68 Å². The van der Waals surface area contributed by atoms with Crippen molar-refractivity contribution >= 4 is 44.1 Å². The maximum atomic E-state index is 4.81. The number of hydrogen-bond acceptors (Lipinski definition) is 7. The molecule has 31 heavy (non-hydrogen) atoms. The largest absolute Gasteiger partial charge is 0.329 e. The first-order valence-corrected chi connectivity index (χ1v) is 10.7. The van der Waals surface area contributed by atoms with Crippen LogP contribution in [0.3, 0.4) is 0 Å². The van der Waals surface area contributed by atoms with Crippen LogP contribution in [-0.2, 0) is 6.54 Å². The van der Waals surface area contributed by atoms with E-state index in [0.29, 0.717) is 6.54 Å². The van der Waals surface area contributed by atoms with Gasteiger partial charge in [-0.25, -0.2) is 15.0 Å². The SMILES string of the molecule is Cc1ccc(N(C)c2ccc3nc(Nc4cc(Cn5cccn5)ccn4)sc3n2)cc1. The average Bonchev–Trinajstić information content (AvgIpc) is 3.42. The summed E-state index contributed by atoms with van der Waals surface area (Å²) in [6.07, 6.45) is 5.51. The van der Waals surface area contributed by atoms with Gasteiger partial charge in [0.1, 0.15) is 22.0 Å². The average molecular weight is 428 g/mol. The smallest absolute Gasteiger partial charge is 0.190 e. The predicted octanol–water partition coefficient (Wildman–Crippen LogP) is 5.15. The van der Waals surface area contributed by atoms with E-state index in [4.69, 9.17) is 4.98 Å². The molecule has 8 heteroatoms. The van der Waals surface area contributed by atoms with Gasteiger partial charge in [0.25, 0.3) is 0 Å². The zero-order chi connectivity index (χ0) is 21.2. The van der Waals surface area contributed by atoms with E-state index in [0.717, 1.165) is 38.4 Å². The summed E-state index contributed by atoms with van der Waals surface area (Å²) in [5.41, 5.74) is 4.31. The molecule has 0 amide bonds. The van der Waals surface area contributed by atoms with Gasteiger partial charge in [-0.1, -0.05) is 29.0 Å². The normalized spacial score (nSPS) is 11.0. The molecule has 0 bridgehead atoms. The fourth-order valence-electron chi connectivity index (χ4n) is 3.28. The monoisotopic (exact) mass is 427 g/mol. The van der Waals surface area contributed by atoms with E-state index in [1.54, 1.807) is 12.4 Å². The Morgan fingerprint density at radius 2 is 1.90 bits per heavy atom. The van der Waals surface area contributed by atoms with Crippen molar-refractivity contribution in [2.45, 2.75) is 13.5 Å². The Morgan fingerprint density at radius 1 is 1.03 bits per heavy atom. The van der Waals surface area contributed by atoms with Crippen LogP contribution in [0.5, 0.6) is 0 Å². The zero-order valence-electron chi connectivity index (χ0n) is 17.2. The Balaban J connectivity index is 1.36. The van der Waals surface area contributed by atoms with Crippen molar-refractivity contribution in [3.05, 3.63) is 84.3 Å². The summed E-state index contributed by atoms with van der Waals surface area (Å²) < 4.78 is 1.88. The van der Waals surface area contributed by atoms with Crippen molar-refractivity contribution in [2.24, 2.45) is 0 Å². The molecule has 5 aromatic rings. The van der Waals surface area contributed by atoms with Crippen molar-refractivity contribution in [1.29, 1.82) is 0 Å². The van der Waals surface area contributed by atoms with E-state index in [1.807, 2.05) is 48.3 Å². The van der Waals surface area contributed by atoms with Crippen LogP contribution in [0.2, 0.25) is 0 Å². The summed E-state index contributed by atoms with van der Waals surface area (Å²) in [5.74, 6) is 1.63. The second-order valence-electron chi connectivity index (χ2n) is 7.29. The van der Waals surface area contributed by atoms with Crippen molar-refractivity contribution in [3.63, 3.8) is 0 Å². The molecule has 0 fully saturated rings. The highest BCUT2D eigenvalue weighted by Crippen LogP contribution is 2.30. The highest BCUT2D eigenvalue weighted by atomic mass is 32.1. The Hall–Kier alpha value is -3.78. The van der Waals surface area contributed by atoms with E-state index >= 15 is 0 Å². The number of nitrogens with one attached hydrogen (secondary N) is 1. The van der Waals surface area contributed by atoms with Gasteiger partial charge < -0.3 is 10.2 Å². The number of aryl methyl sites for hydroxylation is 1. The van der Waals surface area contributed by atoms with Crippen LogP contribution in [0.15, 0.2) is 73.2 Å². The van der Waals surface area contributed by atoms with Crippen molar-refractivity contribution in [3.8, 4) is 0 Å². The van der Waals surface area contributed by atoms with E-state index < -0.39 is 0 Å². The van der Waals surface area contributed by atoms with Crippen LogP contribution in [0.25, 0.3) is 10.3 Å². The maximum absolute atomic E-state index is 4.81. The minimum atomic E-state index is 0.695. The Morgan fingerprint density at radius 3 is 2.71 bits per heavy atom. The Kier molecular flexibility index (Phi) is 5.05. The number of aromatic nitrogens is 5. The van der Waals surface area contributed by atoms with Gasteiger partial charge >= 0.3 is 0 Å². The summed E-state index contributed by atoms with van der Waals surface area (Å²) >= 11 is 1.51. The zero-order valence-corrected chi connectivity index (χ0v) is 18.0. The van der Waals surface area contributed by atoms with Gasteiger partial charge in [0.05, 0.1) is 6.54 Å². The first-order valence-electron chi connectivity index (χ1n) is 9.91. The molecule has 1 N–H and O–H groups in total. The molecular formula is C23H21N7S. The molecule has 0 atom stereocenters. The maximum Gasteiger partial charge on any atom is 0.190 e. The van der Waals surface area contributed by atoms with E-state index in [1.165, 1.54) is 16.9 Å². The minimum absolute atomic E-state index is 0.695. The molecule has 0 aliphatic heterocycles. The quantitative estimate of drug-likeness (QED) is 0.404. The molecule has 4 heterocycles. The summed E-state index contributed by atoms with van der Waals surface area (Å²) in [6, 6.07) is 18.3. The number of benzene rings is 1. The summed E-state index contributed by atoms with van der Waals surface area (Å²) in [5, 5.41) is 8.33. The van der Waals surface area contributed by atoms with Crippen LogP contribution in [0.1, 0.15) is 11.1 Å². The summed E-state index contributed by atoms with van der Waals surface area (Å²) in [4.78, 5) is 16.9. The number of nitrogens with zero attached hydrogens (tertiary/aromatic N) is 6. The van der Waals surface area contributed by atoms with Crippen LogP contribution in [-0.4, -0.2) is 31.8 Å². The molecule has 0 spiro atoms. The highest BCUT2D eigenvalue weighted by molar-refractivity contribution is 7.21. The lowest BCUT2D eigenvalue weighted by atomic mass is 10.2. The lowest BCUT2D eigenvalue weighted by Gasteiger charge is -2.18. The first-order chi connectivity index (χ1) is 15.1. The van der Waals surface area contributed by atoms with Gasteiger partial charge in [0.2, 0.25) is 0 Å². The predicted molar refractivity (Wildman–Crippen MR) is 126 cm³/mol. The summed E-state index contributed by atoms with van der Waals surface area (Å²) in [7, 11) is 2.02. The number of fused-ring (bicyclic) bond motifs is 1. The van der Waals surface area contributed by atoms with Gasteiger partial charge in [-0.15, -0.1) is 0 Å². The number of pyridine rings is 2. The first kappa shape index (κ1) is 19.2. The molecular weight excluding hydrogens is 406 g/mol. The minimum Gasteiger partial charge on any atom is -0.329 e. The molecule has 154 valence electrons. The molecule has 0 saturated carbocycles. The highest BCUT2D eigenvalue weighted by Gasteiger charge is 2.11. The molecule has 1 aromatic carbocycles. The lowest BCUT2D eigenvalue weighted by molar-refractivity contribution is 0.686. The molecule has 0 unspecified atom stereocenters. The Labute approximate surface area is 184 Å². The van der Waals surface area contributed by atoms with Gasteiger partial charge in [0, 0.05) is 31.3 Å². The number of thiazole rings is 1. The molecule has 4 aromatic heterocycles. The van der Waals surface area contributed by atoms with Gasteiger partial charge in [0.15, 0.2) is 5.13 Å². The van der Waals surface area contributed by atoms with Crippen LogP contribution >= 0.6 is 11.3 Å². The fraction of sp³-hybridized carbons (Fsp3) is 0.130. The third kappa shape index (κ3) is 4.24. The lowest BCUT2D eigenvalue weighted by Crippen LogP contribution is -2.10. The van der Waals surface area contributed by atoms with Crippen molar-refractivity contribution < 1.29 is 0 Å². The van der Waals surface area contributed by atoms with Crippen molar-refractivity contribution in [2.75, 3.05) is 17.3 Å². The number of hydrogen-bond donors (Lipinski definition) is 1. The van der Waals surface area contributed by atoms with Crippen molar-refractivity contribution in [1.82, 2.24) is 24.7 Å². The molecule has 5 rings (SSSR count). The second-order valence-corrected chi connectivity index (χ2v) is 8.26. The Bertz CT molecular complexity index is 1310. The molecule has 0 radical (unpaired) electrons.